The number of likely N-dealkylation sites (tertiary alicyclic amines) is 1. The molecule has 0 N–H and O–H groups in total. The van der Waals surface area contributed by atoms with Crippen LogP contribution in [0.2, 0.25) is 0 Å². The standard InChI is InChI=1S/C13H19N.ClH/c1-2-13(14-10-6-7-11-14)12-8-4-3-5-9-12;/h3-5,8-9,13H,2,6-7,10-11H2,1H3;1H. The molecule has 1 fully saturated rings. The lowest BCUT2D eigenvalue weighted by molar-refractivity contribution is 0.239. The normalized spacial score (nSPS) is 18.5. The van der Waals surface area contributed by atoms with Crippen LogP contribution in [0.4, 0.5) is 0 Å². The van der Waals surface area contributed by atoms with Crippen LogP contribution >= 0.6 is 12.4 Å². The third kappa shape index (κ3) is 2.96. The molecule has 1 nitrogen and oxygen atoms in total. The number of rotatable bonds is 3. The molecular formula is C13H20ClN. The Morgan fingerprint density at radius 2 is 1.73 bits per heavy atom. The molecule has 1 aliphatic rings. The fourth-order valence-electron chi connectivity index (χ4n) is 2.43. The average Bonchev–Trinajstić information content (AvgIpc) is 2.74. The Morgan fingerprint density at radius 1 is 1.13 bits per heavy atom. The van der Waals surface area contributed by atoms with Gasteiger partial charge in [-0.25, -0.2) is 0 Å². The second-order valence-corrected chi connectivity index (χ2v) is 4.08. The summed E-state index contributed by atoms with van der Waals surface area (Å²) in [5, 5.41) is 0. The smallest absolute Gasteiger partial charge is 0.0345 e. The molecule has 0 bridgehead atoms. The molecule has 1 aromatic rings. The van der Waals surface area contributed by atoms with Crippen molar-refractivity contribution in [2.75, 3.05) is 13.1 Å². The van der Waals surface area contributed by atoms with Crippen molar-refractivity contribution in [1.82, 2.24) is 4.90 Å². The SMILES string of the molecule is CCC(c1ccccc1)N1CCCC1.Cl. The van der Waals surface area contributed by atoms with Gasteiger partial charge in [0.1, 0.15) is 0 Å². The van der Waals surface area contributed by atoms with E-state index in [1.165, 1.54) is 37.9 Å². The van der Waals surface area contributed by atoms with Gasteiger partial charge in [-0.15, -0.1) is 12.4 Å². The minimum atomic E-state index is 0. The molecular weight excluding hydrogens is 206 g/mol. The van der Waals surface area contributed by atoms with Gasteiger partial charge in [-0.2, -0.15) is 0 Å². The van der Waals surface area contributed by atoms with Gasteiger partial charge in [0.05, 0.1) is 0 Å². The largest absolute Gasteiger partial charge is 0.296 e. The molecule has 0 aliphatic carbocycles. The molecule has 0 amide bonds. The molecule has 2 heteroatoms. The Kier molecular flexibility index (Phi) is 5.13. The van der Waals surface area contributed by atoms with Crippen molar-refractivity contribution in [3.8, 4) is 0 Å². The molecule has 15 heavy (non-hydrogen) atoms. The van der Waals surface area contributed by atoms with Gasteiger partial charge in [0.2, 0.25) is 0 Å². The zero-order valence-electron chi connectivity index (χ0n) is 9.36. The minimum Gasteiger partial charge on any atom is -0.296 e. The molecule has 1 saturated heterocycles. The zero-order valence-corrected chi connectivity index (χ0v) is 10.2. The molecule has 1 atom stereocenters. The van der Waals surface area contributed by atoms with Crippen LogP contribution in [0.1, 0.15) is 37.8 Å². The van der Waals surface area contributed by atoms with E-state index in [-0.39, 0.29) is 12.4 Å². The van der Waals surface area contributed by atoms with Gasteiger partial charge in [-0.05, 0) is 37.9 Å². The summed E-state index contributed by atoms with van der Waals surface area (Å²) in [6.45, 7) is 4.86. The minimum absolute atomic E-state index is 0. The predicted molar refractivity (Wildman–Crippen MR) is 67.5 cm³/mol. The molecule has 0 saturated carbocycles. The van der Waals surface area contributed by atoms with Gasteiger partial charge in [0.25, 0.3) is 0 Å². The quantitative estimate of drug-likeness (QED) is 0.759. The number of hydrogen-bond donors (Lipinski definition) is 0. The van der Waals surface area contributed by atoms with Gasteiger partial charge in [0.15, 0.2) is 0 Å². The number of hydrogen-bond acceptors (Lipinski definition) is 1. The number of nitrogens with zero attached hydrogens (tertiary/aromatic N) is 1. The van der Waals surface area contributed by atoms with Crippen LogP contribution in [0, 0.1) is 0 Å². The maximum absolute atomic E-state index is 2.62. The van der Waals surface area contributed by atoms with Crippen LogP contribution in [0.3, 0.4) is 0 Å². The van der Waals surface area contributed by atoms with E-state index in [0.29, 0.717) is 6.04 Å². The molecule has 84 valence electrons. The summed E-state index contributed by atoms with van der Waals surface area (Å²) < 4.78 is 0. The first-order valence-corrected chi connectivity index (χ1v) is 5.71. The lowest BCUT2D eigenvalue weighted by atomic mass is 10.0. The highest BCUT2D eigenvalue weighted by molar-refractivity contribution is 5.85. The van der Waals surface area contributed by atoms with E-state index in [9.17, 15) is 0 Å². The summed E-state index contributed by atoms with van der Waals surface area (Å²) in [7, 11) is 0. The molecule has 1 aliphatic heterocycles. The number of halogens is 1. The zero-order chi connectivity index (χ0) is 9.80. The van der Waals surface area contributed by atoms with Gasteiger partial charge >= 0.3 is 0 Å². The van der Waals surface area contributed by atoms with Crippen molar-refractivity contribution < 1.29 is 0 Å². The van der Waals surface area contributed by atoms with Crippen LogP contribution in [-0.2, 0) is 0 Å². The summed E-state index contributed by atoms with van der Waals surface area (Å²) in [4.78, 5) is 2.62. The van der Waals surface area contributed by atoms with E-state index in [2.05, 4.69) is 42.2 Å². The first-order chi connectivity index (χ1) is 6.92. The third-order valence-corrected chi connectivity index (χ3v) is 3.15. The topological polar surface area (TPSA) is 3.24 Å². The Hall–Kier alpha value is -0.530. The summed E-state index contributed by atoms with van der Waals surface area (Å²) in [6, 6.07) is 11.6. The van der Waals surface area contributed by atoms with Crippen LogP contribution < -0.4 is 0 Å². The maximum atomic E-state index is 2.62. The van der Waals surface area contributed by atoms with E-state index < -0.39 is 0 Å². The van der Waals surface area contributed by atoms with Gasteiger partial charge in [0, 0.05) is 6.04 Å². The monoisotopic (exact) mass is 225 g/mol. The van der Waals surface area contributed by atoms with Crippen LogP contribution in [0.25, 0.3) is 0 Å². The first kappa shape index (κ1) is 12.5. The highest BCUT2D eigenvalue weighted by Crippen LogP contribution is 2.27. The lowest BCUT2D eigenvalue weighted by Gasteiger charge is -2.26. The fourth-order valence-corrected chi connectivity index (χ4v) is 2.43. The van der Waals surface area contributed by atoms with Crippen molar-refractivity contribution >= 4 is 12.4 Å². The summed E-state index contributed by atoms with van der Waals surface area (Å²) in [5.41, 5.74) is 1.48. The summed E-state index contributed by atoms with van der Waals surface area (Å²) >= 11 is 0. The van der Waals surface area contributed by atoms with E-state index in [1.807, 2.05) is 0 Å². The first-order valence-electron chi connectivity index (χ1n) is 5.71. The van der Waals surface area contributed by atoms with Crippen LogP contribution in [-0.4, -0.2) is 18.0 Å². The van der Waals surface area contributed by atoms with Gasteiger partial charge in [-0.3, -0.25) is 4.90 Å². The molecule has 1 unspecified atom stereocenters. The molecule has 0 radical (unpaired) electrons. The van der Waals surface area contributed by atoms with E-state index in [0.717, 1.165) is 0 Å². The number of benzene rings is 1. The van der Waals surface area contributed by atoms with E-state index in [1.54, 1.807) is 0 Å². The van der Waals surface area contributed by atoms with Crippen molar-refractivity contribution in [2.24, 2.45) is 0 Å². The Labute approximate surface area is 98.9 Å². The van der Waals surface area contributed by atoms with Crippen molar-refractivity contribution in [3.05, 3.63) is 35.9 Å². The summed E-state index contributed by atoms with van der Waals surface area (Å²) in [5.74, 6) is 0. The van der Waals surface area contributed by atoms with E-state index >= 15 is 0 Å². The van der Waals surface area contributed by atoms with Crippen LogP contribution in [0.15, 0.2) is 30.3 Å². The average molecular weight is 226 g/mol. The molecule has 1 heterocycles. The third-order valence-electron chi connectivity index (χ3n) is 3.15. The Balaban J connectivity index is 0.00000112. The molecule has 2 rings (SSSR count). The van der Waals surface area contributed by atoms with Crippen molar-refractivity contribution in [3.63, 3.8) is 0 Å². The molecule has 0 spiro atoms. The lowest BCUT2D eigenvalue weighted by Crippen LogP contribution is -2.24. The summed E-state index contributed by atoms with van der Waals surface area (Å²) in [6.07, 6.45) is 3.98. The Morgan fingerprint density at radius 3 is 2.27 bits per heavy atom. The van der Waals surface area contributed by atoms with Crippen LogP contribution in [0.5, 0.6) is 0 Å². The predicted octanol–water partition coefficient (Wildman–Crippen LogP) is 3.66. The molecule has 0 aromatic heterocycles. The molecule has 1 aromatic carbocycles. The van der Waals surface area contributed by atoms with E-state index in [4.69, 9.17) is 0 Å². The highest BCUT2D eigenvalue weighted by atomic mass is 35.5. The second kappa shape index (κ2) is 6.14. The van der Waals surface area contributed by atoms with Gasteiger partial charge < -0.3 is 0 Å². The Bertz CT molecular complexity index is 267. The van der Waals surface area contributed by atoms with Crippen molar-refractivity contribution in [1.29, 1.82) is 0 Å². The van der Waals surface area contributed by atoms with Gasteiger partial charge in [-0.1, -0.05) is 37.3 Å². The second-order valence-electron chi connectivity index (χ2n) is 4.08. The maximum Gasteiger partial charge on any atom is 0.0345 e. The fraction of sp³-hybridized carbons (Fsp3) is 0.538. The highest BCUT2D eigenvalue weighted by Gasteiger charge is 2.21. The van der Waals surface area contributed by atoms with Crippen molar-refractivity contribution in [2.45, 2.75) is 32.2 Å².